The molecule has 0 unspecified atom stereocenters. The van der Waals surface area contributed by atoms with Crippen LogP contribution in [0.5, 0.6) is 17.2 Å². The van der Waals surface area contributed by atoms with Crippen molar-refractivity contribution in [3.05, 3.63) is 59.0 Å². The summed E-state index contributed by atoms with van der Waals surface area (Å²) in [4.78, 5) is 23.2. The first-order valence-corrected chi connectivity index (χ1v) is 9.82. The number of halogens is 1. The average molecular weight is 426 g/mol. The van der Waals surface area contributed by atoms with E-state index in [1.54, 1.807) is 12.0 Å². The summed E-state index contributed by atoms with van der Waals surface area (Å²) in [6, 6.07) is 9.62. The van der Waals surface area contributed by atoms with Gasteiger partial charge >= 0.3 is 0 Å². The number of aryl methyl sites for hydroxylation is 1. The lowest BCUT2D eigenvalue weighted by atomic mass is 9.93. The fraction of sp³-hybridized carbons (Fsp3) is 0.227. The van der Waals surface area contributed by atoms with Crippen molar-refractivity contribution in [3.63, 3.8) is 0 Å². The van der Waals surface area contributed by atoms with E-state index in [1.807, 2.05) is 25.1 Å². The molecule has 1 atom stereocenters. The Labute approximate surface area is 178 Å². The first-order valence-electron chi connectivity index (χ1n) is 9.44. The van der Waals surface area contributed by atoms with Crippen molar-refractivity contribution in [2.75, 3.05) is 12.0 Å². The third kappa shape index (κ3) is 3.52. The zero-order valence-electron chi connectivity index (χ0n) is 16.5. The van der Waals surface area contributed by atoms with Gasteiger partial charge in [-0.25, -0.2) is 9.97 Å². The van der Waals surface area contributed by atoms with Crippen LogP contribution in [0.3, 0.4) is 0 Å². The third-order valence-corrected chi connectivity index (χ3v) is 5.44. The van der Waals surface area contributed by atoms with Gasteiger partial charge in [0.15, 0.2) is 5.75 Å². The summed E-state index contributed by atoms with van der Waals surface area (Å²) < 4.78 is 5.36. The molecule has 30 heavy (non-hydrogen) atoms. The van der Waals surface area contributed by atoms with Crippen LogP contribution in [-0.4, -0.2) is 39.2 Å². The van der Waals surface area contributed by atoms with Gasteiger partial charge in [-0.2, -0.15) is 0 Å². The second kappa shape index (κ2) is 7.84. The quantitative estimate of drug-likeness (QED) is 0.610. The number of aromatic hydroxyl groups is 2. The Kier molecular flexibility index (Phi) is 5.22. The summed E-state index contributed by atoms with van der Waals surface area (Å²) in [5.41, 5.74) is 3.28. The Hall–Kier alpha value is -3.32. The van der Waals surface area contributed by atoms with Gasteiger partial charge in [0.1, 0.15) is 17.2 Å². The second-order valence-electron chi connectivity index (χ2n) is 7.16. The molecule has 2 aromatic carbocycles. The summed E-state index contributed by atoms with van der Waals surface area (Å²) in [5, 5.41) is 19.8. The molecule has 1 amide bonds. The van der Waals surface area contributed by atoms with Crippen molar-refractivity contribution >= 4 is 23.2 Å². The highest BCUT2D eigenvalue weighted by Gasteiger charge is 2.31. The van der Waals surface area contributed by atoms with E-state index in [1.165, 1.54) is 18.3 Å². The van der Waals surface area contributed by atoms with Crippen LogP contribution in [-0.2, 0) is 6.42 Å². The molecule has 0 saturated heterocycles. The lowest BCUT2D eigenvalue weighted by Crippen LogP contribution is -2.42. The number of amides is 1. The molecule has 0 radical (unpaired) electrons. The number of benzene rings is 2. The molecular formula is C22H20ClN3O4. The number of fused-ring (bicyclic) bond motifs is 1. The number of phenolic OH excluding ortho intramolecular Hbond substituents is 2. The minimum absolute atomic E-state index is 0.0490. The number of anilines is 1. The highest BCUT2D eigenvalue weighted by atomic mass is 35.5. The van der Waals surface area contributed by atoms with Crippen LogP contribution in [0.4, 0.5) is 5.69 Å². The Bertz CT molecular complexity index is 1140. The molecular weight excluding hydrogens is 406 g/mol. The van der Waals surface area contributed by atoms with E-state index in [2.05, 4.69) is 9.97 Å². The molecule has 4 rings (SSSR count). The fourth-order valence-electron chi connectivity index (χ4n) is 3.74. The van der Waals surface area contributed by atoms with Crippen LogP contribution in [0.25, 0.3) is 11.3 Å². The van der Waals surface area contributed by atoms with E-state index in [-0.39, 0.29) is 34.3 Å². The molecule has 2 N–H and O–H groups in total. The number of phenols is 2. The van der Waals surface area contributed by atoms with Crippen LogP contribution in [0.1, 0.15) is 29.3 Å². The van der Waals surface area contributed by atoms with Gasteiger partial charge in [0, 0.05) is 23.4 Å². The Morgan fingerprint density at radius 3 is 2.77 bits per heavy atom. The maximum absolute atomic E-state index is 13.2. The van der Waals surface area contributed by atoms with Gasteiger partial charge in [-0.1, -0.05) is 6.07 Å². The maximum atomic E-state index is 13.2. The summed E-state index contributed by atoms with van der Waals surface area (Å²) in [6.45, 7) is 1.97. The number of hydrogen-bond acceptors (Lipinski definition) is 6. The summed E-state index contributed by atoms with van der Waals surface area (Å²) in [5.74, 6) is -0.170. The van der Waals surface area contributed by atoms with Gasteiger partial charge < -0.3 is 19.8 Å². The molecule has 1 aliphatic rings. The highest BCUT2D eigenvalue weighted by Crippen LogP contribution is 2.38. The second-order valence-corrected chi connectivity index (χ2v) is 7.50. The normalized spacial score (nSPS) is 15.6. The van der Waals surface area contributed by atoms with Crippen molar-refractivity contribution in [1.82, 2.24) is 9.97 Å². The Morgan fingerprint density at radius 2 is 2.03 bits per heavy atom. The molecule has 0 bridgehead atoms. The monoisotopic (exact) mass is 425 g/mol. The van der Waals surface area contributed by atoms with Crippen LogP contribution >= 0.6 is 11.6 Å². The summed E-state index contributed by atoms with van der Waals surface area (Å²) in [6.07, 6.45) is 3.08. The number of hydrogen-bond donors (Lipinski definition) is 2. The van der Waals surface area contributed by atoms with Gasteiger partial charge in [-0.3, -0.25) is 4.79 Å². The topological polar surface area (TPSA) is 95.8 Å². The van der Waals surface area contributed by atoms with Crippen molar-refractivity contribution in [1.29, 1.82) is 0 Å². The van der Waals surface area contributed by atoms with Crippen LogP contribution in [0.2, 0.25) is 5.28 Å². The van der Waals surface area contributed by atoms with E-state index in [9.17, 15) is 15.0 Å². The SMILES string of the molecule is COc1cnc(Cl)nc1-c1ccc2c(c1)CC[C@H](C)N2C(=O)c1ccc(O)cc1O. The Morgan fingerprint density at radius 1 is 1.23 bits per heavy atom. The van der Waals surface area contributed by atoms with Gasteiger partial charge in [-0.15, -0.1) is 0 Å². The number of carbonyl (C=O) groups is 1. The first kappa shape index (κ1) is 20.0. The fourth-order valence-corrected chi connectivity index (χ4v) is 3.88. The van der Waals surface area contributed by atoms with Crippen LogP contribution < -0.4 is 9.64 Å². The maximum Gasteiger partial charge on any atom is 0.262 e. The number of nitrogens with zero attached hydrogens (tertiary/aromatic N) is 3. The van der Waals surface area contributed by atoms with Gasteiger partial charge in [0.2, 0.25) is 5.28 Å². The number of aromatic nitrogens is 2. The Balaban J connectivity index is 1.76. The number of rotatable bonds is 3. The van der Waals surface area contributed by atoms with Gasteiger partial charge in [0.25, 0.3) is 5.91 Å². The number of ether oxygens (including phenoxy) is 1. The molecule has 0 aliphatic carbocycles. The zero-order chi connectivity index (χ0) is 21.4. The van der Waals surface area contributed by atoms with E-state index in [0.717, 1.165) is 35.7 Å². The number of methoxy groups -OCH3 is 1. The minimum Gasteiger partial charge on any atom is -0.508 e. The molecule has 7 nitrogen and oxygen atoms in total. The van der Waals surface area contributed by atoms with Crippen LogP contribution in [0, 0.1) is 0 Å². The zero-order valence-corrected chi connectivity index (χ0v) is 17.2. The van der Waals surface area contributed by atoms with Crippen molar-refractivity contribution < 1.29 is 19.7 Å². The van der Waals surface area contributed by atoms with E-state index in [0.29, 0.717) is 11.4 Å². The van der Waals surface area contributed by atoms with Crippen molar-refractivity contribution in [2.45, 2.75) is 25.8 Å². The lowest BCUT2D eigenvalue weighted by Gasteiger charge is -2.35. The molecule has 0 spiro atoms. The molecule has 1 aliphatic heterocycles. The van der Waals surface area contributed by atoms with Gasteiger partial charge in [-0.05, 0) is 61.2 Å². The predicted octanol–water partition coefficient (Wildman–Crippen LogP) is 4.20. The molecule has 2 heterocycles. The van der Waals surface area contributed by atoms with Crippen molar-refractivity contribution in [2.24, 2.45) is 0 Å². The smallest absolute Gasteiger partial charge is 0.262 e. The highest BCUT2D eigenvalue weighted by molar-refractivity contribution is 6.28. The summed E-state index contributed by atoms with van der Waals surface area (Å²) >= 11 is 5.97. The molecule has 1 aromatic heterocycles. The lowest BCUT2D eigenvalue weighted by molar-refractivity contribution is 0.0972. The molecule has 154 valence electrons. The molecule has 8 heteroatoms. The largest absolute Gasteiger partial charge is 0.508 e. The average Bonchev–Trinajstić information content (AvgIpc) is 2.73. The third-order valence-electron chi connectivity index (χ3n) is 5.26. The van der Waals surface area contributed by atoms with E-state index < -0.39 is 0 Å². The first-order chi connectivity index (χ1) is 14.4. The summed E-state index contributed by atoms with van der Waals surface area (Å²) in [7, 11) is 1.54. The molecule has 0 saturated carbocycles. The van der Waals surface area contributed by atoms with E-state index >= 15 is 0 Å². The standard InChI is InChI=1S/C22H20ClN3O4/c1-12-3-4-13-9-14(20-19(30-2)11-24-22(23)25-20)5-8-17(13)26(12)21(29)16-7-6-15(27)10-18(16)28/h5-12,27-28H,3-4H2,1-2H3/t12-/m0/s1. The molecule has 3 aromatic rings. The molecule has 0 fully saturated rings. The minimum atomic E-state index is -0.323. The van der Waals surface area contributed by atoms with E-state index in [4.69, 9.17) is 16.3 Å². The van der Waals surface area contributed by atoms with Crippen LogP contribution in [0.15, 0.2) is 42.6 Å². The van der Waals surface area contributed by atoms with Gasteiger partial charge in [0.05, 0.1) is 18.9 Å². The number of carbonyl (C=O) groups excluding carboxylic acids is 1. The van der Waals surface area contributed by atoms with Crippen molar-refractivity contribution in [3.8, 4) is 28.5 Å². The predicted molar refractivity (Wildman–Crippen MR) is 113 cm³/mol.